The zero-order chi connectivity index (χ0) is 18.8. The van der Waals surface area contributed by atoms with Gasteiger partial charge in [0.15, 0.2) is 0 Å². The lowest BCUT2D eigenvalue weighted by Crippen LogP contribution is -2.19. The number of aliphatic hydroxyl groups excluding tert-OH is 1. The van der Waals surface area contributed by atoms with Crippen LogP contribution in [0.1, 0.15) is 16.7 Å². The van der Waals surface area contributed by atoms with E-state index in [0.29, 0.717) is 17.0 Å². The number of anilines is 1. The Morgan fingerprint density at radius 3 is 2.19 bits per heavy atom. The highest BCUT2D eigenvalue weighted by Crippen LogP contribution is 2.33. The molecule has 1 amide bonds. The molecule has 0 aromatic heterocycles. The zero-order valence-electron chi connectivity index (χ0n) is 14.8. The van der Waals surface area contributed by atoms with Crippen LogP contribution in [0.3, 0.4) is 0 Å². The second-order valence-corrected chi connectivity index (χ2v) is 6.39. The van der Waals surface area contributed by atoms with Gasteiger partial charge in [0.1, 0.15) is 11.3 Å². The Balaban J connectivity index is 1.77. The van der Waals surface area contributed by atoms with Crippen LogP contribution in [0.15, 0.2) is 89.4 Å². The third-order valence-electron chi connectivity index (χ3n) is 4.44. The maximum absolute atomic E-state index is 13.0. The number of amides is 1. The fraction of sp³-hybridized carbons (Fsp3) is 0.0435. The molecule has 0 heterocycles. The van der Waals surface area contributed by atoms with Gasteiger partial charge in [0.2, 0.25) is 0 Å². The molecule has 4 heteroatoms. The summed E-state index contributed by atoms with van der Waals surface area (Å²) in [6.07, 6.45) is 0. The average Bonchev–Trinajstić information content (AvgIpc) is 2.97. The van der Waals surface area contributed by atoms with Crippen molar-refractivity contribution in [3.05, 3.63) is 101 Å². The third kappa shape index (κ3) is 3.25. The number of aryl methyl sites for hydroxylation is 1. The van der Waals surface area contributed by atoms with E-state index in [2.05, 4.69) is 10.3 Å². The summed E-state index contributed by atoms with van der Waals surface area (Å²) in [7, 11) is 0. The molecular weight excluding hydrogens is 336 g/mol. The molecule has 0 unspecified atom stereocenters. The van der Waals surface area contributed by atoms with Crippen LogP contribution in [0.5, 0.6) is 0 Å². The smallest absolute Gasteiger partial charge is 0.261 e. The van der Waals surface area contributed by atoms with Crippen LogP contribution in [-0.2, 0) is 4.79 Å². The van der Waals surface area contributed by atoms with Crippen molar-refractivity contribution in [1.29, 1.82) is 0 Å². The van der Waals surface area contributed by atoms with Gasteiger partial charge in [0.05, 0.1) is 11.4 Å². The lowest BCUT2D eigenvalue weighted by atomic mass is 10.1. The van der Waals surface area contributed by atoms with Crippen molar-refractivity contribution in [3.8, 4) is 0 Å². The van der Waals surface area contributed by atoms with E-state index in [4.69, 9.17) is 0 Å². The van der Waals surface area contributed by atoms with E-state index in [1.54, 1.807) is 6.07 Å². The predicted octanol–water partition coefficient (Wildman–Crippen LogP) is 5.04. The molecule has 132 valence electrons. The number of benzene rings is 3. The molecular formula is C23H18N2O2. The number of carbonyl (C=O) groups excluding carboxylic acids is 1. The number of aliphatic imine (C=N–C) groups is 1. The van der Waals surface area contributed by atoms with Gasteiger partial charge in [0.25, 0.3) is 5.91 Å². The summed E-state index contributed by atoms with van der Waals surface area (Å²) in [4.78, 5) is 17.6. The van der Waals surface area contributed by atoms with Gasteiger partial charge in [-0.05, 0) is 31.2 Å². The molecule has 0 fully saturated rings. The Bertz CT molecular complexity index is 1070. The Morgan fingerprint density at radius 1 is 0.852 bits per heavy atom. The number of aliphatic hydroxyl groups is 1. The Kier molecular flexibility index (Phi) is 4.30. The standard InChI is InChI=1S/C23H18N2O2/c1-15-11-13-17(14-12-15)25-23(27)20-21(24-16-7-3-2-4-8-16)18-9-5-6-10-19(18)22(20)26/h2-14,26H,1H3,(H,25,27). The van der Waals surface area contributed by atoms with Gasteiger partial charge in [-0.15, -0.1) is 0 Å². The van der Waals surface area contributed by atoms with Crippen LogP contribution in [0.2, 0.25) is 0 Å². The fourth-order valence-corrected chi connectivity index (χ4v) is 3.07. The minimum atomic E-state index is -0.387. The van der Waals surface area contributed by atoms with Gasteiger partial charge in [-0.2, -0.15) is 0 Å². The van der Waals surface area contributed by atoms with Crippen molar-refractivity contribution < 1.29 is 9.90 Å². The SMILES string of the molecule is Cc1ccc(NC(=O)C2=C(O)c3ccccc3C2=Nc2ccccc2)cc1. The van der Waals surface area contributed by atoms with Crippen LogP contribution in [0.4, 0.5) is 11.4 Å². The Hall–Kier alpha value is -3.66. The summed E-state index contributed by atoms with van der Waals surface area (Å²) < 4.78 is 0. The molecule has 1 aliphatic carbocycles. The van der Waals surface area contributed by atoms with Gasteiger partial charge in [-0.1, -0.05) is 60.2 Å². The minimum absolute atomic E-state index is 0.0510. The molecule has 0 saturated carbocycles. The molecule has 27 heavy (non-hydrogen) atoms. The maximum Gasteiger partial charge on any atom is 0.261 e. The molecule has 4 nitrogen and oxygen atoms in total. The van der Waals surface area contributed by atoms with E-state index >= 15 is 0 Å². The Morgan fingerprint density at radius 2 is 1.48 bits per heavy atom. The zero-order valence-corrected chi connectivity index (χ0v) is 14.8. The van der Waals surface area contributed by atoms with E-state index in [1.807, 2.05) is 79.7 Å². The van der Waals surface area contributed by atoms with Gasteiger partial charge < -0.3 is 10.4 Å². The van der Waals surface area contributed by atoms with Gasteiger partial charge in [-0.3, -0.25) is 4.79 Å². The first-order valence-electron chi connectivity index (χ1n) is 8.68. The number of hydrogen-bond acceptors (Lipinski definition) is 3. The highest BCUT2D eigenvalue weighted by Gasteiger charge is 2.32. The normalized spacial score (nSPS) is 14.3. The summed E-state index contributed by atoms with van der Waals surface area (Å²) in [5.74, 6) is -0.438. The molecule has 0 spiro atoms. The number of carbonyl (C=O) groups is 1. The summed E-state index contributed by atoms with van der Waals surface area (Å²) in [6, 6.07) is 24.3. The predicted molar refractivity (Wildman–Crippen MR) is 108 cm³/mol. The average molecular weight is 354 g/mol. The van der Waals surface area contributed by atoms with E-state index < -0.39 is 0 Å². The van der Waals surface area contributed by atoms with Crippen LogP contribution in [-0.4, -0.2) is 16.7 Å². The van der Waals surface area contributed by atoms with Crippen molar-refractivity contribution in [2.45, 2.75) is 6.92 Å². The van der Waals surface area contributed by atoms with Gasteiger partial charge in [-0.25, -0.2) is 4.99 Å². The van der Waals surface area contributed by atoms with Crippen LogP contribution in [0.25, 0.3) is 5.76 Å². The molecule has 3 aromatic carbocycles. The lowest BCUT2D eigenvalue weighted by molar-refractivity contribution is -0.112. The van der Waals surface area contributed by atoms with Crippen molar-refractivity contribution in [1.82, 2.24) is 0 Å². The number of nitrogens with one attached hydrogen (secondary N) is 1. The number of hydrogen-bond donors (Lipinski definition) is 2. The molecule has 0 aliphatic heterocycles. The maximum atomic E-state index is 13.0. The van der Waals surface area contributed by atoms with Crippen molar-refractivity contribution in [2.24, 2.45) is 4.99 Å². The van der Waals surface area contributed by atoms with Crippen molar-refractivity contribution in [2.75, 3.05) is 5.32 Å². The number of rotatable bonds is 3. The van der Waals surface area contributed by atoms with Crippen LogP contribution >= 0.6 is 0 Å². The highest BCUT2D eigenvalue weighted by atomic mass is 16.3. The first kappa shape index (κ1) is 16.8. The quantitative estimate of drug-likeness (QED) is 0.692. The fourth-order valence-electron chi connectivity index (χ4n) is 3.07. The molecule has 0 atom stereocenters. The summed E-state index contributed by atoms with van der Waals surface area (Å²) in [6.45, 7) is 1.98. The van der Waals surface area contributed by atoms with E-state index in [9.17, 15) is 9.90 Å². The number of nitrogens with zero attached hydrogens (tertiary/aromatic N) is 1. The topological polar surface area (TPSA) is 61.7 Å². The monoisotopic (exact) mass is 354 g/mol. The molecule has 1 aliphatic rings. The van der Waals surface area contributed by atoms with E-state index in [1.165, 1.54) is 0 Å². The summed E-state index contributed by atoms with van der Waals surface area (Å²) >= 11 is 0. The second-order valence-electron chi connectivity index (χ2n) is 6.39. The van der Waals surface area contributed by atoms with Crippen molar-refractivity contribution >= 4 is 28.8 Å². The van der Waals surface area contributed by atoms with Crippen LogP contribution < -0.4 is 5.32 Å². The second kappa shape index (κ2) is 6.92. The lowest BCUT2D eigenvalue weighted by Gasteiger charge is -2.09. The minimum Gasteiger partial charge on any atom is -0.506 e. The van der Waals surface area contributed by atoms with E-state index in [-0.39, 0.29) is 17.2 Å². The van der Waals surface area contributed by atoms with Crippen LogP contribution in [0, 0.1) is 6.92 Å². The molecule has 2 N–H and O–H groups in total. The molecule has 0 saturated heterocycles. The number of fused-ring (bicyclic) bond motifs is 1. The number of para-hydroxylation sites is 1. The van der Waals surface area contributed by atoms with Gasteiger partial charge in [0, 0.05) is 16.8 Å². The first-order chi connectivity index (χ1) is 13.1. The van der Waals surface area contributed by atoms with Crippen molar-refractivity contribution in [3.63, 3.8) is 0 Å². The third-order valence-corrected chi connectivity index (χ3v) is 4.44. The largest absolute Gasteiger partial charge is 0.506 e. The first-order valence-corrected chi connectivity index (χ1v) is 8.68. The molecule has 0 bridgehead atoms. The molecule has 3 aromatic rings. The summed E-state index contributed by atoms with van der Waals surface area (Å²) in [5.41, 5.74) is 4.50. The molecule has 4 rings (SSSR count). The summed E-state index contributed by atoms with van der Waals surface area (Å²) in [5, 5.41) is 13.6. The highest BCUT2D eigenvalue weighted by molar-refractivity contribution is 6.38. The molecule has 0 radical (unpaired) electrons. The van der Waals surface area contributed by atoms with Gasteiger partial charge >= 0.3 is 0 Å². The van der Waals surface area contributed by atoms with E-state index in [0.717, 1.165) is 16.8 Å². The Labute approximate surface area is 157 Å².